The molecule has 0 aliphatic rings. The third-order valence-electron chi connectivity index (χ3n) is 3.69. The number of benzene rings is 1. The summed E-state index contributed by atoms with van der Waals surface area (Å²) in [4.78, 5) is 23.5. The number of hydrogen-bond acceptors (Lipinski definition) is 4. The minimum Gasteiger partial charge on any atom is -0.407 e. The molecule has 0 fully saturated rings. The van der Waals surface area contributed by atoms with E-state index in [9.17, 15) is 14.9 Å². The van der Waals surface area contributed by atoms with E-state index in [2.05, 4.69) is 27.7 Å². The molecule has 7 nitrogen and oxygen atoms in total. The normalized spacial score (nSPS) is 12.0. The van der Waals surface area contributed by atoms with Crippen LogP contribution in [0.1, 0.15) is 27.7 Å². The van der Waals surface area contributed by atoms with Crippen LogP contribution < -0.4 is 10.7 Å². The van der Waals surface area contributed by atoms with Gasteiger partial charge in [-0.05, 0) is 33.8 Å². The number of non-ortho nitro benzene ring substituents is 1. The van der Waals surface area contributed by atoms with Crippen LogP contribution in [0.2, 0.25) is 0 Å². The summed E-state index contributed by atoms with van der Waals surface area (Å²) in [5, 5.41) is 10.8. The molecule has 0 radical (unpaired) electrons. The Morgan fingerprint density at radius 2 is 1.90 bits per heavy atom. The molecule has 0 bridgehead atoms. The number of aromatic nitrogens is 1. The highest BCUT2D eigenvalue weighted by Crippen LogP contribution is 2.19. The van der Waals surface area contributed by atoms with E-state index in [0.717, 1.165) is 0 Å². The molecule has 0 saturated heterocycles. The molecule has 114 valence electrons. The smallest absolute Gasteiger partial charge is 0.407 e. The van der Waals surface area contributed by atoms with Crippen LogP contribution >= 0.6 is 0 Å². The van der Waals surface area contributed by atoms with Gasteiger partial charge in [-0.1, -0.05) is 0 Å². The summed E-state index contributed by atoms with van der Waals surface area (Å²) in [5.74, 6) is -0.482. The Balaban J connectivity index is 2.47. The number of quaternary nitrogens is 1. The zero-order chi connectivity index (χ0) is 15.7. The van der Waals surface area contributed by atoms with Crippen LogP contribution in [0.25, 0.3) is 11.1 Å². The highest BCUT2D eigenvalue weighted by Gasteiger charge is 2.21. The quantitative estimate of drug-likeness (QED) is 0.662. The molecule has 21 heavy (non-hydrogen) atoms. The minimum absolute atomic E-state index is 0.0830. The third kappa shape index (κ3) is 2.97. The Kier molecular flexibility index (Phi) is 4.13. The number of rotatable bonds is 5. The van der Waals surface area contributed by atoms with Crippen molar-refractivity contribution >= 4 is 16.8 Å². The number of nitro groups is 1. The van der Waals surface area contributed by atoms with E-state index in [1.165, 1.54) is 21.6 Å². The Bertz CT molecular complexity index is 707. The first-order valence-corrected chi connectivity index (χ1v) is 6.94. The van der Waals surface area contributed by atoms with Crippen molar-refractivity contribution in [1.29, 1.82) is 0 Å². The molecule has 0 aliphatic heterocycles. The summed E-state index contributed by atoms with van der Waals surface area (Å²) < 4.78 is 6.68. The molecule has 0 amide bonds. The van der Waals surface area contributed by atoms with Gasteiger partial charge in [0.25, 0.3) is 5.69 Å². The number of nitrogens with zero attached hydrogens (tertiary/aromatic N) is 2. The highest BCUT2D eigenvalue weighted by atomic mass is 16.6. The Hall–Kier alpha value is -2.15. The molecule has 0 spiro atoms. The lowest BCUT2D eigenvalue weighted by Gasteiger charge is -2.27. The van der Waals surface area contributed by atoms with Gasteiger partial charge in [0.05, 0.1) is 28.6 Å². The van der Waals surface area contributed by atoms with Gasteiger partial charge in [0, 0.05) is 6.07 Å². The first-order chi connectivity index (χ1) is 9.81. The second kappa shape index (κ2) is 5.69. The fourth-order valence-corrected chi connectivity index (χ4v) is 2.53. The van der Waals surface area contributed by atoms with E-state index in [-0.39, 0.29) is 11.3 Å². The number of nitrogens with one attached hydrogen (secondary N) is 1. The lowest BCUT2D eigenvalue weighted by Crippen LogP contribution is -3.17. The summed E-state index contributed by atoms with van der Waals surface area (Å²) in [5.41, 5.74) is 0.755. The molecule has 0 saturated carbocycles. The Labute approximate surface area is 121 Å². The molecular formula is C14H20N3O4+. The van der Waals surface area contributed by atoms with E-state index in [1.807, 2.05) is 0 Å². The molecule has 7 heteroatoms. The zero-order valence-corrected chi connectivity index (χ0v) is 12.6. The van der Waals surface area contributed by atoms with Gasteiger partial charge in [0.2, 0.25) is 0 Å². The second-order valence-electron chi connectivity index (χ2n) is 5.75. The predicted octanol–water partition coefficient (Wildman–Crippen LogP) is 1.16. The Morgan fingerprint density at radius 1 is 1.29 bits per heavy atom. The SMILES string of the molecule is CC(C)[NH+](Cn1c(=O)oc2cc([N+](=O)[O-])ccc21)C(C)C. The molecule has 0 unspecified atom stereocenters. The second-order valence-corrected chi connectivity index (χ2v) is 5.75. The lowest BCUT2D eigenvalue weighted by molar-refractivity contribution is -0.963. The summed E-state index contributed by atoms with van der Waals surface area (Å²) in [6.07, 6.45) is 0. The van der Waals surface area contributed by atoms with Crippen molar-refractivity contribution in [3.8, 4) is 0 Å². The molecule has 2 rings (SSSR count). The monoisotopic (exact) mass is 294 g/mol. The third-order valence-corrected chi connectivity index (χ3v) is 3.69. The standard InChI is InChI=1S/C14H19N3O4/c1-9(2)15(10(3)4)8-16-12-6-5-11(17(19)20)7-13(12)21-14(16)18/h5-7,9-10H,8H2,1-4H3/p+1. The van der Waals surface area contributed by atoms with Gasteiger partial charge >= 0.3 is 5.76 Å². The van der Waals surface area contributed by atoms with Gasteiger partial charge in [-0.3, -0.25) is 10.1 Å². The summed E-state index contributed by atoms with van der Waals surface area (Å²) in [6.45, 7) is 8.83. The first-order valence-electron chi connectivity index (χ1n) is 6.94. The molecule has 1 aromatic heterocycles. The van der Waals surface area contributed by atoms with E-state index in [1.54, 1.807) is 6.07 Å². The maximum absolute atomic E-state index is 12.0. The van der Waals surface area contributed by atoms with E-state index in [0.29, 0.717) is 24.3 Å². The van der Waals surface area contributed by atoms with Gasteiger partial charge in [-0.15, -0.1) is 0 Å². The Morgan fingerprint density at radius 3 is 2.43 bits per heavy atom. The zero-order valence-electron chi connectivity index (χ0n) is 12.6. The fourth-order valence-electron chi connectivity index (χ4n) is 2.53. The molecule has 0 atom stereocenters. The van der Waals surface area contributed by atoms with E-state index >= 15 is 0 Å². The maximum atomic E-state index is 12.0. The number of fused-ring (bicyclic) bond motifs is 1. The summed E-state index contributed by atoms with van der Waals surface area (Å²) >= 11 is 0. The predicted molar refractivity (Wildman–Crippen MR) is 78.4 cm³/mol. The van der Waals surface area contributed by atoms with Crippen LogP contribution in [0.4, 0.5) is 5.69 Å². The number of hydrogen-bond donors (Lipinski definition) is 1. The van der Waals surface area contributed by atoms with Crippen molar-refractivity contribution in [1.82, 2.24) is 4.57 Å². The average molecular weight is 294 g/mol. The average Bonchev–Trinajstić information content (AvgIpc) is 2.69. The molecular weight excluding hydrogens is 274 g/mol. The molecule has 1 N–H and O–H groups in total. The summed E-state index contributed by atoms with van der Waals surface area (Å²) in [6, 6.07) is 4.94. The van der Waals surface area contributed by atoms with Crippen molar-refractivity contribution < 1.29 is 14.2 Å². The van der Waals surface area contributed by atoms with Crippen molar-refractivity contribution in [2.24, 2.45) is 0 Å². The van der Waals surface area contributed by atoms with Crippen LogP contribution in [-0.2, 0) is 6.67 Å². The van der Waals surface area contributed by atoms with Gasteiger partial charge in [0.15, 0.2) is 12.3 Å². The number of nitro benzene ring substituents is 1. The molecule has 0 aliphatic carbocycles. The molecule has 2 aromatic rings. The molecule has 1 aromatic carbocycles. The van der Waals surface area contributed by atoms with Crippen LogP contribution in [0.15, 0.2) is 27.4 Å². The van der Waals surface area contributed by atoms with Crippen LogP contribution in [0.3, 0.4) is 0 Å². The van der Waals surface area contributed by atoms with E-state index < -0.39 is 10.7 Å². The van der Waals surface area contributed by atoms with Gasteiger partial charge in [0.1, 0.15) is 0 Å². The van der Waals surface area contributed by atoms with E-state index in [4.69, 9.17) is 4.42 Å². The van der Waals surface area contributed by atoms with Crippen LogP contribution in [-0.4, -0.2) is 21.6 Å². The van der Waals surface area contributed by atoms with Gasteiger partial charge in [-0.25, -0.2) is 9.36 Å². The fraction of sp³-hybridized carbons (Fsp3) is 0.500. The van der Waals surface area contributed by atoms with Crippen molar-refractivity contribution in [3.05, 3.63) is 38.9 Å². The van der Waals surface area contributed by atoms with Crippen LogP contribution in [0, 0.1) is 10.1 Å². The van der Waals surface area contributed by atoms with Crippen molar-refractivity contribution in [2.45, 2.75) is 46.4 Å². The number of oxazole rings is 1. The minimum atomic E-state index is -0.503. The molecule has 1 heterocycles. The van der Waals surface area contributed by atoms with Gasteiger partial charge in [-0.2, -0.15) is 0 Å². The van der Waals surface area contributed by atoms with Crippen LogP contribution in [0.5, 0.6) is 0 Å². The van der Waals surface area contributed by atoms with Crippen molar-refractivity contribution in [2.75, 3.05) is 0 Å². The maximum Gasteiger partial charge on any atom is 0.424 e. The topological polar surface area (TPSA) is 82.7 Å². The van der Waals surface area contributed by atoms with Crippen molar-refractivity contribution in [3.63, 3.8) is 0 Å². The first kappa shape index (κ1) is 15.2. The summed E-state index contributed by atoms with van der Waals surface area (Å²) in [7, 11) is 0. The van der Waals surface area contributed by atoms with Gasteiger partial charge < -0.3 is 9.32 Å². The highest BCUT2D eigenvalue weighted by molar-refractivity contribution is 5.75. The largest absolute Gasteiger partial charge is 0.424 e. The lowest BCUT2D eigenvalue weighted by atomic mass is 10.2.